The number of hydrogen-bond acceptors (Lipinski definition) is 4. The molecule has 0 aliphatic carbocycles. The summed E-state index contributed by atoms with van der Waals surface area (Å²) < 4.78 is 16.2. The SMILES string of the molecule is CCOc1ccc(CCC(=O)Oc2ccccc2OCC)cc1. The monoisotopic (exact) mass is 314 g/mol. The molecular formula is C19H22O4. The van der Waals surface area contributed by atoms with E-state index in [2.05, 4.69) is 0 Å². The van der Waals surface area contributed by atoms with E-state index in [-0.39, 0.29) is 5.97 Å². The van der Waals surface area contributed by atoms with Gasteiger partial charge in [-0.05, 0) is 50.1 Å². The Morgan fingerprint density at radius 2 is 1.52 bits per heavy atom. The summed E-state index contributed by atoms with van der Waals surface area (Å²) in [6, 6.07) is 14.9. The fourth-order valence-corrected chi connectivity index (χ4v) is 2.15. The summed E-state index contributed by atoms with van der Waals surface area (Å²) in [5, 5.41) is 0. The molecule has 4 heteroatoms. The maximum Gasteiger partial charge on any atom is 0.311 e. The number of ether oxygens (including phenoxy) is 3. The first-order valence-corrected chi connectivity index (χ1v) is 7.87. The Kier molecular flexibility index (Phi) is 6.48. The number of hydrogen-bond donors (Lipinski definition) is 0. The van der Waals surface area contributed by atoms with Gasteiger partial charge in [-0.25, -0.2) is 0 Å². The van der Waals surface area contributed by atoms with E-state index in [4.69, 9.17) is 14.2 Å². The van der Waals surface area contributed by atoms with Crippen LogP contribution in [0.3, 0.4) is 0 Å². The predicted octanol–water partition coefficient (Wildman–Crippen LogP) is 4.02. The summed E-state index contributed by atoms with van der Waals surface area (Å²) in [5.74, 6) is 1.62. The molecule has 2 aromatic carbocycles. The highest BCUT2D eigenvalue weighted by molar-refractivity contribution is 5.73. The lowest BCUT2D eigenvalue weighted by Gasteiger charge is -2.10. The molecule has 0 heterocycles. The Labute approximate surface area is 137 Å². The van der Waals surface area contributed by atoms with E-state index < -0.39 is 0 Å². The van der Waals surface area contributed by atoms with Crippen LogP contribution in [0.15, 0.2) is 48.5 Å². The van der Waals surface area contributed by atoms with Crippen LogP contribution in [-0.2, 0) is 11.2 Å². The summed E-state index contributed by atoms with van der Waals surface area (Å²) in [4.78, 5) is 12.0. The number of aryl methyl sites for hydroxylation is 1. The smallest absolute Gasteiger partial charge is 0.311 e. The standard InChI is InChI=1S/C19H22O4/c1-3-21-16-12-9-15(10-13-16)11-14-19(20)23-18-8-6-5-7-17(18)22-4-2/h5-10,12-13H,3-4,11,14H2,1-2H3. The Morgan fingerprint density at radius 3 is 2.17 bits per heavy atom. The molecule has 23 heavy (non-hydrogen) atoms. The predicted molar refractivity (Wildman–Crippen MR) is 89.2 cm³/mol. The van der Waals surface area contributed by atoms with Gasteiger partial charge in [-0.15, -0.1) is 0 Å². The van der Waals surface area contributed by atoms with E-state index in [9.17, 15) is 4.79 Å². The molecule has 0 aliphatic rings. The normalized spacial score (nSPS) is 10.2. The molecule has 0 spiro atoms. The summed E-state index contributed by atoms with van der Waals surface area (Å²) in [6.45, 7) is 5.01. The van der Waals surface area contributed by atoms with Crippen molar-refractivity contribution in [2.75, 3.05) is 13.2 Å². The van der Waals surface area contributed by atoms with Crippen LogP contribution in [-0.4, -0.2) is 19.2 Å². The Balaban J connectivity index is 1.87. The van der Waals surface area contributed by atoms with Gasteiger partial charge in [0.1, 0.15) is 5.75 Å². The van der Waals surface area contributed by atoms with Crippen LogP contribution >= 0.6 is 0 Å². The number of benzene rings is 2. The van der Waals surface area contributed by atoms with Gasteiger partial charge in [0.25, 0.3) is 0 Å². The zero-order valence-corrected chi connectivity index (χ0v) is 13.6. The Bertz CT molecular complexity index is 620. The van der Waals surface area contributed by atoms with E-state index in [1.807, 2.05) is 50.2 Å². The van der Waals surface area contributed by atoms with Gasteiger partial charge in [-0.3, -0.25) is 4.79 Å². The largest absolute Gasteiger partial charge is 0.494 e. The van der Waals surface area contributed by atoms with Gasteiger partial charge in [0.05, 0.1) is 13.2 Å². The zero-order chi connectivity index (χ0) is 16.5. The highest BCUT2D eigenvalue weighted by atomic mass is 16.6. The molecule has 122 valence electrons. The highest BCUT2D eigenvalue weighted by Gasteiger charge is 2.10. The Morgan fingerprint density at radius 1 is 0.870 bits per heavy atom. The molecule has 0 saturated heterocycles. The van der Waals surface area contributed by atoms with Crippen molar-refractivity contribution in [2.24, 2.45) is 0 Å². The molecule has 0 radical (unpaired) electrons. The number of para-hydroxylation sites is 2. The molecular weight excluding hydrogens is 292 g/mol. The minimum absolute atomic E-state index is 0.272. The summed E-state index contributed by atoms with van der Waals surface area (Å²) in [6.07, 6.45) is 0.941. The van der Waals surface area contributed by atoms with E-state index in [1.165, 1.54) is 0 Å². The first-order chi connectivity index (χ1) is 11.2. The van der Waals surface area contributed by atoms with Gasteiger partial charge in [0.2, 0.25) is 0 Å². The van der Waals surface area contributed by atoms with Crippen LogP contribution in [0.1, 0.15) is 25.8 Å². The lowest BCUT2D eigenvalue weighted by molar-refractivity contribution is -0.134. The molecule has 0 saturated carbocycles. The highest BCUT2D eigenvalue weighted by Crippen LogP contribution is 2.26. The van der Waals surface area contributed by atoms with E-state index >= 15 is 0 Å². The minimum Gasteiger partial charge on any atom is -0.494 e. The second kappa shape index (κ2) is 8.83. The van der Waals surface area contributed by atoms with Crippen molar-refractivity contribution in [3.8, 4) is 17.2 Å². The quantitative estimate of drug-likeness (QED) is 0.545. The Hall–Kier alpha value is -2.49. The van der Waals surface area contributed by atoms with Crippen LogP contribution in [0, 0.1) is 0 Å². The van der Waals surface area contributed by atoms with Gasteiger partial charge in [0, 0.05) is 6.42 Å². The maximum absolute atomic E-state index is 12.0. The van der Waals surface area contributed by atoms with E-state index in [0.717, 1.165) is 11.3 Å². The maximum atomic E-state index is 12.0. The van der Waals surface area contributed by atoms with Gasteiger partial charge in [0.15, 0.2) is 11.5 Å². The van der Waals surface area contributed by atoms with Gasteiger partial charge in [-0.1, -0.05) is 24.3 Å². The fourth-order valence-electron chi connectivity index (χ4n) is 2.15. The van der Waals surface area contributed by atoms with Crippen molar-refractivity contribution < 1.29 is 19.0 Å². The van der Waals surface area contributed by atoms with Crippen LogP contribution in [0.4, 0.5) is 0 Å². The van der Waals surface area contributed by atoms with Gasteiger partial charge < -0.3 is 14.2 Å². The van der Waals surface area contributed by atoms with Crippen molar-refractivity contribution in [3.63, 3.8) is 0 Å². The fraction of sp³-hybridized carbons (Fsp3) is 0.316. The van der Waals surface area contributed by atoms with E-state index in [0.29, 0.717) is 37.6 Å². The van der Waals surface area contributed by atoms with Crippen LogP contribution < -0.4 is 14.2 Å². The second-order valence-electron chi connectivity index (χ2n) is 4.93. The molecule has 0 aromatic heterocycles. The zero-order valence-electron chi connectivity index (χ0n) is 13.6. The van der Waals surface area contributed by atoms with Gasteiger partial charge in [-0.2, -0.15) is 0 Å². The topological polar surface area (TPSA) is 44.8 Å². The van der Waals surface area contributed by atoms with E-state index in [1.54, 1.807) is 12.1 Å². The number of esters is 1. The third kappa shape index (κ3) is 5.33. The lowest BCUT2D eigenvalue weighted by Crippen LogP contribution is -2.10. The first kappa shape index (κ1) is 16.9. The summed E-state index contributed by atoms with van der Waals surface area (Å²) in [7, 11) is 0. The van der Waals surface area contributed by atoms with Crippen LogP contribution in [0.2, 0.25) is 0 Å². The molecule has 0 aliphatic heterocycles. The molecule has 4 nitrogen and oxygen atoms in total. The van der Waals surface area contributed by atoms with Crippen LogP contribution in [0.25, 0.3) is 0 Å². The first-order valence-electron chi connectivity index (χ1n) is 7.87. The molecule has 2 aromatic rings. The van der Waals surface area contributed by atoms with Crippen molar-refractivity contribution in [2.45, 2.75) is 26.7 Å². The molecule has 0 atom stereocenters. The number of carbonyl (C=O) groups excluding carboxylic acids is 1. The summed E-state index contributed by atoms with van der Waals surface area (Å²) >= 11 is 0. The lowest BCUT2D eigenvalue weighted by atomic mass is 10.1. The van der Waals surface area contributed by atoms with Crippen LogP contribution in [0.5, 0.6) is 17.2 Å². The van der Waals surface area contributed by atoms with Crippen molar-refractivity contribution >= 4 is 5.97 Å². The molecule has 0 unspecified atom stereocenters. The minimum atomic E-state index is -0.272. The van der Waals surface area contributed by atoms with Crippen molar-refractivity contribution in [1.29, 1.82) is 0 Å². The average Bonchev–Trinajstić information content (AvgIpc) is 2.57. The summed E-state index contributed by atoms with van der Waals surface area (Å²) in [5.41, 5.74) is 1.07. The molecule has 0 amide bonds. The molecule has 2 rings (SSSR count). The number of rotatable bonds is 8. The second-order valence-corrected chi connectivity index (χ2v) is 4.93. The molecule has 0 N–H and O–H groups in total. The average molecular weight is 314 g/mol. The third-order valence-electron chi connectivity index (χ3n) is 3.22. The number of carbonyl (C=O) groups is 1. The third-order valence-corrected chi connectivity index (χ3v) is 3.22. The van der Waals surface area contributed by atoms with Gasteiger partial charge >= 0.3 is 5.97 Å². The van der Waals surface area contributed by atoms with Crippen molar-refractivity contribution in [1.82, 2.24) is 0 Å². The molecule has 0 fully saturated rings. The van der Waals surface area contributed by atoms with Crippen molar-refractivity contribution in [3.05, 3.63) is 54.1 Å². The molecule has 0 bridgehead atoms.